The van der Waals surface area contributed by atoms with Crippen LogP contribution in [0.3, 0.4) is 0 Å². The Morgan fingerprint density at radius 1 is 1.22 bits per heavy atom. The minimum absolute atomic E-state index is 0.0357. The molecule has 3 N–H and O–H groups in total. The van der Waals surface area contributed by atoms with Gasteiger partial charge in [0.2, 0.25) is 0 Å². The standard InChI is InChI=1S/C14H19O7PS/c1-9(2)14(22-18,13(3,17)12(15)16)11(23(19,20)21)10-7-5-4-6-8-10/h4-9,11,17H,1-3H3,(H,15,16)(H,19,20,21). The first-order valence-electron chi connectivity index (χ1n) is 6.74. The van der Waals surface area contributed by atoms with Crippen LogP contribution in [-0.4, -0.2) is 39.9 Å². The molecule has 7 nitrogen and oxygen atoms in total. The second-order valence-corrected chi connectivity index (χ2v) is 8.18. The highest BCUT2D eigenvalue weighted by Gasteiger charge is 2.64. The molecule has 1 aromatic carbocycles. The Morgan fingerprint density at radius 3 is 2.00 bits per heavy atom. The lowest BCUT2D eigenvalue weighted by molar-refractivity contribution is -0.162. The van der Waals surface area contributed by atoms with Gasteiger partial charge in [0.15, 0.2) is 14.1 Å². The molecule has 3 unspecified atom stereocenters. The van der Waals surface area contributed by atoms with Gasteiger partial charge in [0.05, 0.1) is 0 Å². The minimum Gasteiger partial charge on any atom is -0.479 e. The van der Waals surface area contributed by atoms with E-state index in [1.165, 1.54) is 38.1 Å². The summed E-state index contributed by atoms with van der Waals surface area (Å²) in [5.74, 6) is -2.60. The zero-order valence-electron chi connectivity index (χ0n) is 12.9. The topological polar surface area (TPSA) is 129 Å². The van der Waals surface area contributed by atoms with Crippen LogP contribution in [0.2, 0.25) is 0 Å². The van der Waals surface area contributed by atoms with E-state index in [0.29, 0.717) is 0 Å². The zero-order valence-corrected chi connectivity index (χ0v) is 14.6. The van der Waals surface area contributed by atoms with Crippen LogP contribution in [0.15, 0.2) is 30.3 Å². The third kappa shape index (κ3) is 3.30. The van der Waals surface area contributed by atoms with Crippen LogP contribution >= 0.6 is 8.46 Å². The Kier molecular flexibility index (Phi) is 5.70. The van der Waals surface area contributed by atoms with Crippen molar-refractivity contribution in [1.82, 2.24) is 0 Å². The van der Waals surface area contributed by atoms with Gasteiger partial charge < -0.3 is 10.2 Å². The summed E-state index contributed by atoms with van der Waals surface area (Å²) in [5.41, 5.74) is -2.64. The lowest BCUT2D eigenvalue weighted by Gasteiger charge is -2.44. The van der Waals surface area contributed by atoms with Crippen molar-refractivity contribution in [3.8, 4) is 0 Å². The number of carboxylic acid groups (broad SMARTS) is 1. The molecule has 0 aliphatic carbocycles. The van der Waals surface area contributed by atoms with E-state index in [-0.39, 0.29) is 5.56 Å². The number of hydrogen-bond donors (Lipinski definition) is 3. The van der Waals surface area contributed by atoms with Crippen LogP contribution in [0.1, 0.15) is 31.6 Å². The lowest BCUT2D eigenvalue weighted by atomic mass is 9.75. The SMILES string of the molecule is CC(C)C(P=O)(C(c1ccccc1)S(=O)(=O)O)C(C)(O)C(=O)O. The summed E-state index contributed by atoms with van der Waals surface area (Å²) in [4.78, 5) is 11.5. The highest BCUT2D eigenvalue weighted by molar-refractivity contribution is 7.86. The number of aliphatic carboxylic acids is 1. The first-order valence-corrected chi connectivity index (χ1v) is 9.06. The number of carboxylic acids is 1. The predicted molar refractivity (Wildman–Crippen MR) is 84.2 cm³/mol. The van der Waals surface area contributed by atoms with Gasteiger partial charge in [-0.3, -0.25) is 9.12 Å². The quantitative estimate of drug-likeness (QED) is 0.500. The normalized spacial score (nSPS) is 19.0. The third-order valence-electron chi connectivity index (χ3n) is 4.03. The molecule has 0 heterocycles. The maximum Gasteiger partial charge on any atom is 0.336 e. The molecule has 9 heteroatoms. The molecule has 0 saturated carbocycles. The third-order valence-corrected chi connectivity index (χ3v) is 6.95. The molecule has 0 fully saturated rings. The van der Waals surface area contributed by atoms with Gasteiger partial charge in [-0.25, -0.2) is 4.79 Å². The summed E-state index contributed by atoms with van der Waals surface area (Å²) in [7, 11) is -5.79. The van der Waals surface area contributed by atoms with Crippen LogP contribution in [0.4, 0.5) is 0 Å². The Balaban J connectivity index is 3.87. The summed E-state index contributed by atoms with van der Waals surface area (Å²) in [6.45, 7) is 3.74. The summed E-state index contributed by atoms with van der Waals surface area (Å²) < 4.78 is 45.7. The van der Waals surface area contributed by atoms with Crippen LogP contribution < -0.4 is 0 Å². The largest absolute Gasteiger partial charge is 0.479 e. The van der Waals surface area contributed by atoms with Crippen LogP contribution in [0.25, 0.3) is 0 Å². The van der Waals surface area contributed by atoms with E-state index in [9.17, 15) is 32.5 Å². The van der Waals surface area contributed by atoms with Gasteiger partial charge in [0, 0.05) is 0 Å². The van der Waals surface area contributed by atoms with Crippen molar-refractivity contribution < 1.29 is 32.5 Å². The fourth-order valence-electron chi connectivity index (χ4n) is 2.81. The molecule has 0 saturated heterocycles. The maximum atomic E-state index is 12.0. The zero-order chi connectivity index (χ0) is 18.1. The molecule has 23 heavy (non-hydrogen) atoms. The fraction of sp³-hybridized carbons (Fsp3) is 0.500. The molecule has 0 amide bonds. The Hall–Kier alpha value is -1.34. The van der Waals surface area contributed by atoms with E-state index in [1.54, 1.807) is 6.07 Å². The summed E-state index contributed by atoms with van der Waals surface area (Å²) in [6.07, 6.45) is 0. The molecule has 0 aromatic heterocycles. The number of benzene rings is 1. The first kappa shape index (κ1) is 19.7. The molecule has 1 rings (SSSR count). The highest BCUT2D eigenvalue weighted by Crippen LogP contribution is 2.53. The van der Waals surface area contributed by atoms with Gasteiger partial charge in [-0.05, 0) is 18.4 Å². The van der Waals surface area contributed by atoms with E-state index < -0.39 is 46.5 Å². The van der Waals surface area contributed by atoms with Gasteiger partial charge in [0.1, 0.15) is 10.4 Å². The van der Waals surface area contributed by atoms with Crippen molar-refractivity contribution in [2.45, 2.75) is 36.8 Å². The molecule has 0 radical (unpaired) electrons. The smallest absolute Gasteiger partial charge is 0.336 e. The van der Waals surface area contributed by atoms with Crippen molar-refractivity contribution in [3.05, 3.63) is 35.9 Å². The van der Waals surface area contributed by atoms with Crippen molar-refractivity contribution >= 4 is 24.5 Å². The lowest BCUT2D eigenvalue weighted by Crippen LogP contribution is -2.61. The monoisotopic (exact) mass is 362 g/mol. The summed E-state index contributed by atoms with van der Waals surface area (Å²) in [6, 6.07) is 7.31. The van der Waals surface area contributed by atoms with Crippen LogP contribution in [-0.2, 0) is 19.5 Å². The summed E-state index contributed by atoms with van der Waals surface area (Å²) in [5, 5.41) is 15.7. The Bertz CT molecular complexity index is 684. The molecule has 0 aliphatic heterocycles. The number of carbonyl (C=O) groups is 1. The van der Waals surface area contributed by atoms with Crippen molar-refractivity contribution in [1.29, 1.82) is 0 Å². The Labute approximate surface area is 136 Å². The van der Waals surface area contributed by atoms with Gasteiger partial charge in [-0.2, -0.15) is 8.42 Å². The van der Waals surface area contributed by atoms with Crippen molar-refractivity contribution in [2.75, 3.05) is 0 Å². The van der Waals surface area contributed by atoms with Crippen molar-refractivity contribution in [2.24, 2.45) is 5.92 Å². The second kappa shape index (κ2) is 6.65. The predicted octanol–water partition coefficient (Wildman–Crippen LogP) is 2.14. The van der Waals surface area contributed by atoms with Gasteiger partial charge in [-0.1, -0.05) is 44.2 Å². The number of hydrogen-bond acceptors (Lipinski definition) is 5. The van der Waals surface area contributed by atoms with E-state index in [2.05, 4.69) is 0 Å². The molecule has 0 bridgehead atoms. The number of aliphatic hydroxyl groups is 1. The summed E-state index contributed by atoms with van der Waals surface area (Å²) >= 11 is 0. The highest BCUT2D eigenvalue weighted by atomic mass is 32.2. The minimum atomic E-state index is -4.88. The van der Waals surface area contributed by atoms with Crippen LogP contribution in [0, 0.1) is 5.92 Å². The van der Waals surface area contributed by atoms with E-state index in [1.807, 2.05) is 0 Å². The van der Waals surface area contributed by atoms with E-state index in [4.69, 9.17) is 0 Å². The van der Waals surface area contributed by atoms with Gasteiger partial charge in [-0.15, -0.1) is 0 Å². The first-order chi connectivity index (χ1) is 10.4. The fourth-order valence-corrected chi connectivity index (χ4v) is 5.53. The average Bonchev–Trinajstić information content (AvgIpc) is 2.43. The van der Waals surface area contributed by atoms with Gasteiger partial charge >= 0.3 is 5.97 Å². The average molecular weight is 362 g/mol. The Morgan fingerprint density at radius 2 is 1.70 bits per heavy atom. The van der Waals surface area contributed by atoms with E-state index in [0.717, 1.165) is 6.92 Å². The molecular weight excluding hydrogens is 343 g/mol. The molecule has 128 valence electrons. The molecule has 0 aliphatic rings. The second-order valence-electron chi connectivity index (χ2n) is 5.75. The molecule has 0 spiro atoms. The molecule has 1 aromatic rings. The van der Waals surface area contributed by atoms with Crippen molar-refractivity contribution in [3.63, 3.8) is 0 Å². The van der Waals surface area contributed by atoms with E-state index >= 15 is 0 Å². The van der Waals surface area contributed by atoms with Crippen LogP contribution in [0.5, 0.6) is 0 Å². The molecular formula is C14H19O7PS. The maximum absolute atomic E-state index is 12.0. The molecule has 3 atom stereocenters. The number of rotatable bonds is 7. The van der Waals surface area contributed by atoms with Gasteiger partial charge in [0.25, 0.3) is 10.1 Å².